The van der Waals surface area contributed by atoms with Gasteiger partial charge in [0, 0.05) is 12.1 Å². The molecule has 0 aromatic carbocycles. The number of alkyl halides is 3. The summed E-state index contributed by atoms with van der Waals surface area (Å²) in [6, 6.07) is 0. The van der Waals surface area contributed by atoms with E-state index in [1.807, 2.05) is 0 Å². The van der Waals surface area contributed by atoms with E-state index in [0.717, 1.165) is 0 Å². The molecule has 5 heteroatoms. The van der Waals surface area contributed by atoms with Gasteiger partial charge in [0.15, 0.2) is 0 Å². The van der Waals surface area contributed by atoms with Crippen LogP contribution in [-0.2, 0) is 0 Å². The number of halogens is 4. The summed E-state index contributed by atoms with van der Waals surface area (Å²) in [6.07, 6.45) is -3.32. The molecule has 17 heavy (non-hydrogen) atoms. The first-order valence-corrected chi connectivity index (χ1v) is 5.40. The predicted octanol–water partition coefficient (Wildman–Crippen LogP) is 4.32. The van der Waals surface area contributed by atoms with Crippen molar-refractivity contribution in [3.8, 4) is 0 Å². The maximum atomic E-state index is 13.8. The molecule has 0 spiro atoms. The first kappa shape index (κ1) is 16.0. The van der Waals surface area contributed by atoms with Crippen LogP contribution < -0.4 is 5.73 Å². The van der Waals surface area contributed by atoms with E-state index >= 15 is 0 Å². The quantitative estimate of drug-likeness (QED) is 0.588. The van der Waals surface area contributed by atoms with Gasteiger partial charge < -0.3 is 5.73 Å². The van der Waals surface area contributed by atoms with E-state index in [-0.39, 0.29) is 0 Å². The standard InChI is InChI=1S/C12H19F4N/c1-5-9(11(2,3)4)10(13)6-8(7-17)12(14,15)16/h6-7,9H,5,17H2,1-4H3/b8-7+,10-6+. The van der Waals surface area contributed by atoms with Gasteiger partial charge in [0.2, 0.25) is 0 Å². The third kappa shape index (κ3) is 4.79. The predicted molar refractivity (Wildman–Crippen MR) is 60.8 cm³/mol. The first-order chi connectivity index (χ1) is 7.54. The highest BCUT2D eigenvalue weighted by Crippen LogP contribution is 2.37. The van der Waals surface area contributed by atoms with Crippen LogP contribution in [0.4, 0.5) is 17.6 Å². The lowest BCUT2D eigenvalue weighted by Crippen LogP contribution is -2.21. The van der Waals surface area contributed by atoms with Gasteiger partial charge in [-0.3, -0.25) is 0 Å². The number of allylic oxidation sites excluding steroid dienone is 3. The highest BCUT2D eigenvalue weighted by Gasteiger charge is 2.34. The van der Waals surface area contributed by atoms with Crippen LogP contribution in [0.15, 0.2) is 23.7 Å². The molecule has 0 saturated heterocycles. The fourth-order valence-corrected chi connectivity index (χ4v) is 1.69. The van der Waals surface area contributed by atoms with Crippen molar-refractivity contribution in [1.29, 1.82) is 0 Å². The summed E-state index contributed by atoms with van der Waals surface area (Å²) in [7, 11) is 0. The van der Waals surface area contributed by atoms with Gasteiger partial charge in [0.05, 0.1) is 5.57 Å². The van der Waals surface area contributed by atoms with Crippen molar-refractivity contribution in [3.05, 3.63) is 23.7 Å². The molecule has 0 bridgehead atoms. The second-order valence-corrected chi connectivity index (χ2v) is 4.98. The number of nitrogens with two attached hydrogens (primary N) is 1. The molecule has 0 radical (unpaired) electrons. The van der Waals surface area contributed by atoms with Crippen LogP contribution >= 0.6 is 0 Å². The Hall–Kier alpha value is -1.00. The van der Waals surface area contributed by atoms with Crippen molar-refractivity contribution in [2.24, 2.45) is 17.1 Å². The average Bonchev–Trinajstić information content (AvgIpc) is 2.10. The van der Waals surface area contributed by atoms with Crippen LogP contribution in [0.2, 0.25) is 0 Å². The Balaban J connectivity index is 5.21. The van der Waals surface area contributed by atoms with Crippen LogP contribution in [0, 0.1) is 11.3 Å². The molecule has 0 amide bonds. The van der Waals surface area contributed by atoms with Gasteiger partial charge in [-0.05, 0) is 17.9 Å². The molecule has 1 atom stereocenters. The second kappa shape index (κ2) is 5.56. The van der Waals surface area contributed by atoms with E-state index in [0.29, 0.717) is 18.7 Å². The lowest BCUT2D eigenvalue weighted by atomic mass is 9.78. The minimum Gasteiger partial charge on any atom is -0.404 e. The summed E-state index contributed by atoms with van der Waals surface area (Å²) < 4.78 is 51.0. The SMILES string of the molecule is CCC(/C(F)=C\C(=C/N)C(F)(F)F)C(C)(C)C. The fraction of sp³-hybridized carbons (Fsp3) is 0.667. The largest absolute Gasteiger partial charge is 0.417 e. The van der Waals surface area contributed by atoms with Crippen molar-refractivity contribution in [1.82, 2.24) is 0 Å². The first-order valence-electron chi connectivity index (χ1n) is 5.40. The number of rotatable bonds is 3. The Labute approximate surface area is 99.4 Å². The van der Waals surface area contributed by atoms with Gasteiger partial charge >= 0.3 is 6.18 Å². The third-order valence-corrected chi connectivity index (χ3v) is 2.59. The zero-order valence-electron chi connectivity index (χ0n) is 10.5. The van der Waals surface area contributed by atoms with Gasteiger partial charge in [0.1, 0.15) is 5.83 Å². The smallest absolute Gasteiger partial charge is 0.404 e. The second-order valence-electron chi connectivity index (χ2n) is 4.98. The molecule has 0 aromatic rings. The average molecular weight is 253 g/mol. The van der Waals surface area contributed by atoms with Gasteiger partial charge in [0.25, 0.3) is 0 Å². The van der Waals surface area contributed by atoms with Crippen LogP contribution in [-0.4, -0.2) is 6.18 Å². The number of hydrogen-bond donors (Lipinski definition) is 1. The lowest BCUT2D eigenvalue weighted by molar-refractivity contribution is -0.0886. The van der Waals surface area contributed by atoms with E-state index in [2.05, 4.69) is 0 Å². The molecular formula is C12H19F4N. The molecule has 2 N–H and O–H groups in total. The van der Waals surface area contributed by atoms with Crippen molar-refractivity contribution in [3.63, 3.8) is 0 Å². The summed E-state index contributed by atoms with van der Waals surface area (Å²) >= 11 is 0. The Bertz CT molecular complexity index is 307. The normalized spacial score (nSPS) is 17.2. The zero-order chi connectivity index (χ0) is 13.9. The van der Waals surface area contributed by atoms with Crippen LogP contribution in [0.1, 0.15) is 34.1 Å². The van der Waals surface area contributed by atoms with Crippen molar-refractivity contribution >= 4 is 0 Å². The Morgan fingerprint density at radius 3 is 1.94 bits per heavy atom. The molecule has 0 aromatic heterocycles. The zero-order valence-corrected chi connectivity index (χ0v) is 10.5. The van der Waals surface area contributed by atoms with Crippen molar-refractivity contribution < 1.29 is 17.6 Å². The molecule has 100 valence electrons. The Morgan fingerprint density at radius 2 is 1.71 bits per heavy atom. The van der Waals surface area contributed by atoms with E-state index in [1.165, 1.54) is 0 Å². The summed E-state index contributed by atoms with van der Waals surface area (Å²) in [5, 5.41) is 0. The minimum absolute atomic E-state index is 0.384. The monoisotopic (exact) mass is 253 g/mol. The molecule has 1 unspecified atom stereocenters. The third-order valence-electron chi connectivity index (χ3n) is 2.59. The van der Waals surface area contributed by atoms with E-state index in [9.17, 15) is 17.6 Å². The highest BCUT2D eigenvalue weighted by atomic mass is 19.4. The molecule has 0 aliphatic heterocycles. The topological polar surface area (TPSA) is 26.0 Å². The summed E-state index contributed by atoms with van der Waals surface area (Å²) in [6.45, 7) is 7.10. The van der Waals surface area contributed by atoms with Gasteiger partial charge in [-0.15, -0.1) is 0 Å². The molecule has 0 rings (SSSR count). The Morgan fingerprint density at radius 1 is 1.24 bits per heavy atom. The number of hydrogen-bond acceptors (Lipinski definition) is 1. The molecule has 0 aliphatic carbocycles. The van der Waals surface area contributed by atoms with Gasteiger partial charge in [-0.2, -0.15) is 13.2 Å². The highest BCUT2D eigenvalue weighted by molar-refractivity contribution is 5.26. The van der Waals surface area contributed by atoms with Crippen molar-refractivity contribution in [2.45, 2.75) is 40.3 Å². The van der Waals surface area contributed by atoms with Crippen LogP contribution in [0.5, 0.6) is 0 Å². The molecule has 1 nitrogen and oxygen atoms in total. The molecular weight excluding hydrogens is 234 g/mol. The maximum absolute atomic E-state index is 13.8. The Kier molecular flexibility index (Phi) is 5.23. The molecule has 0 fully saturated rings. The fourth-order valence-electron chi connectivity index (χ4n) is 1.69. The van der Waals surface area contributed by atoms with Gasteiger partial charge in [-0.1, -0.05) is 27.7 Å². The van der Waals surface area contributed by atoms with E-state index in [4.69, 9.17) is 5.73 Å². The lowest BCUT2D eigenvalue weighted by Gasteiger charge is -2.28. The minimum atomic E-state index is -4.62. The van der Waals surface area contributed by atoms with E-state index in [1.54, 1.807) is 27.7 Å². The van der Waals surface area contributed by atoms with Crippen LogP contribution in [0.25, 0.3) is 0 Å². The molecule has 0 heterocycles. The summed E-state index contributed by atoms with van der Waals surface area (Å²) in [5.74, 6) is -1.34. The van der Waals surface area contributed by atoms with Crippen LogP contribution in [0.3, 0.4) is 0 Å². The molecule has 0 saturated carbocycles. The maximum Gasteiger partial charge on any atom is 0.417 e. The van der Waals surface area contributed by atoms with E-state index < -0.39 is 28.9 Å². The molecule has 0 aliphatic rings. The van der Waals surface area contributed by atoms with Gasteiger partial charge in [-0.25, -0.2) is 4.39 Å². The summed E-state index contributed by atoms with van der Waals surface area (Å²) in [4.78, 5) is 0. The summed E-state index contributed by atoms with van der Waals surface area (Å²) in [5.41, 5.74) is 3.28. The van der Waals surface area contributed by atoms with Crippen molar-refractivity contribution in [2.75, 3.05) is 0 Å².